The van der Waals surface area contributed by atoms with Crippen LogP contribution in [0.25, 0.3) is 17.3 Å². The largest absolute Gasteiger partial charge is 0.383 e. The molecular weight excluding hydrogens is 436 g/mol. The number of nitrogens with one attached hydrogen (secondary N) is 1. The monoisotopic (exact) mass is 455 g/mol. The minimum Gasteiger partial charge on any atom is -0.383 e. The minimum absolute atomic E-state index is 0.0590. The molecule has 0 fully saturated rings. The molecule has 0 saturated carbocycles. The Hall–Kier alpha value is -3.61. The van der Waals surface area contributed by atoms with Crippen LogP contribution in [-0.4, -0.2) is 30.7 Å². The number of thiazole rings is 1. The van der Waals surface area contributed by atoms with E-state index in [9.17, 15) is 23.6 Å². The van der Waals surface area contributed by atoms with Crippen LogP contribution in [-0.2, 0) is 9.53 Å². The quantitative estimate of drug-likeness (QED) is 0.574. The zero-order valence-corrected chi connectivity index (χ0v) is 18.1. The number of nitrogens with zero attached hydrogens (tertiary/aromatic N) is 2. The Morgan fingerprint density at radius 2 is 1.97 bits per heavy atom. The summed E-state index contributed by atoms with van der Waals surface area (Å²) in [4.78, 5) is 25.8. The zero-order valence-electron chi connectivity index (χ0n) is 17.3. The summed E-state index contributed by atoms with van der Waals surface area (Å²) in [5, 5.41) is 12.2. The number of carbonyl (C=O) groups is 1. The fourth-order valence-corrected chi connectivity index (χ4v) is 3.99. The van der Waals surface area contributed by atoms with E-state index in [2.05, 4.69) is 5.32 Å². The summed E-state index contributed by atoms with van der Waals surface area (Å²) in [6.45, 7) is 2.29. The summed E-state index contributed by atoms with van der Waals surface area (Å²) in [6.07, 6.45) is 1.59. The normalized spacial score (nSPS) is 12.4. The summed E-state index contributed by atoms with van der Waals surface area (Å²) >= 11 is 0.876. The second kappa shape index (κ2) is 10.1. The van der Waals surface area contributed by atoms with E-state index in [4.69, 9.17) is 4.74 Å². The van der Waals surface area contributed by atoms with Crippen LogP contribution in [0.2, 0.25) is 0 Å². The van der Waals surface area contributed by atoms with Crippen molar-refractivity contribution < 1.29 is 18.3 Å². The van der Waals surface area contributed by atoms with Crippen molar-refractivity contribution in [2.24, 2.45) is 0 Å². The molecule has 0 unspecified atom stereocenters. The number of aromatic nitrogens is 1. The van der Waals surface area contributed by atoms with E-state index >= 15 is 0 Å². The number of ether oxygens (including phenoxy) is 1. The standard InChI is InChI=1S/C23H19F2N3O3S/c1-14-3-5-15(6-4-14)11-20-22(30)28(19-8-7-16(24)12-18(19)25)23(32-20)17(13-26)21(29)27-9-10-31-2/h3-8,11-12H,9-10H2,1-2H3,(H,27,29)/b20-11-,23-17-. The highest BCUT2D eigenvalue weighted by molar-refractivity contribution is 7.07. The topological polar surface area (TPSA) is 84.1 Å². The zero-order chi connectivity index (χ0) is 23.3. The Bertz CT molecular complexity index is 1370. The molecule has 0 bridgehead atoms. The first kappa shape index (κ1) is 23.1. The number of benzene rings is 2. The molecule has 164 valence electrons. The van der Waals surface area contributed by atoms with Crippen molar-refractivity contribution in [1.82, 2.24) is 9.88 Å². The molecule has 1 heterocycles. The first-order valence-electron chi connectivity index (χ1n) is 9.53. The number of nitriles is 1. The molecule has 0 aliphatic rings. The Labute approximate surface area is 186 Å². The van der Waals surface area contributed by atoms with E-state index < -0.39 is 23.1 Å². The Morgan fingerprint density at radius 1 is 1.25 bits per heavy atom. The van der Waals surface area contributed by atoms with Crippen LogP contribution in [0.15, 0.2) is 47.3 Å². The van der Waals surface area contributed by atoms with E-state index in [1.807, 2.05) is 31.2 Å². The van der Waals surface area contributed by atoms with E-state index in [1.165, 1.54) is 7.11 Å². The highest BCUT2D eigenvalue weighted by Crippen LogP contribution is 2.12. The van der Waals surface area contributed by atoms with Gasteiger partial charge in [0.25, 0.3) is 11.5 Å². The molecule has 3 rings (SSSR count). The van der Waals surface area contributed by atoms with Crippen LogP contribution < -0.4 is 20.1 Å². The second-order valence-corrected chi connectivity index (χ2v) is 7.83. The SMILES string of the molecule is COCCNC(=O)/C(C#N)=c1\s/c(=C\c2ccc(C)cc2)c(=O)n1-c1ccc(F)cc1F. The number of methoxy groups -OCH3 is 1. The fourth-order valence-electron chi connectivity index (χ4n) is 2.90. The van der Waals surface area contributed by atoms with Gasteiger partial charge in [0.15, 0.2) is 5.57 Å². The third-order valence-electron chi connectivity index (χ3n) is 4.49. The summed E-state index contributed by atoms with van der Waals surface area (Å²) in [5.41, 5.74) is 0.496. The Kier molecular flexibility index (Phi) is 7.30. The maximum Gasteiger partial charge on any atom is 0.273 e. The van der Waals surface area contributed by atoms with Crippen molar-refractivity contribution in [3.63, 3.8) is 0 Å². The molecule has 0 spiro atoms. The van der Waals surface area contributed by atoms with E-state index in [0.717, 1.165) is 39.2 Å². The third-order valence-corrected chi connectivity index (χ3v) is 5.59. The predicted octanol–water partition coefficient (Wildman–Crippen LogP) is 1.75. The number of aryl methyl sites for hydroxylation is 1. The maximum absolute atomic E-state index is 14.6. The van der Waals surface area contributed by atoms with Gasteiger partial charge in [0.2, 0.25) is 0 Å². The molecule has 0 saturated heterocycles. The van der Waals surface area contributed by atoms with E-state index in [1.54, 1.807) is 12.1 Å². The Morgan fingerprint density at radius 3 is 2.59 bits per heavy atom. The molecule has 6 nitrogen and oxygen atoms in total. The van der Waals surface area contributed by atoms with Crippen LogP contribution in [0, 0.1) is 29.9 Å². The highest BCUT2D eigenvalue weighted by atomic mass is 32.1. The Balaban J connectivity index is 2.32. The second-order valence-electron chi connectivity index (χ2n) is 6.80. The van der Waals surface area contributed by atoms with Crippen molar-refractivity contribution >= 4 is 28.9 Å². The molecule has 32 heavy (non-hydrogen) atoms. The lowest BCUT2D eigenvalue weighted by Gasteiger charge is -2.06. The van der Waals surface area contributed by atoms with Crippen molar-refractivity contribution in [3.05, 3.63) is 84.8 Å². The average molecular weight is 455 g/mol. The molecule has 9 heteroatoms. The van der Waals surface area contributed by atoms with Crippen LogP contribution in [0.1, 0.15) is 11.1 Å². The number of amides is 1. The van der Waals surface area contributed by atoms with Gasteiger partial charge in [-0.3, -0.25) is 14.2 Å². The van der Waals surface area contributed by atoms with Crippen LogP contribution in [0.3, 0.4) is 0 Å². The first-order valence-corrected chi connectivity index (χ1v) is 10.3. The number of halogens is 2. The van der Waals surface area contributed by atoms with Crippen LogP contribution in [0.5, 0.6) is 0 Å². The molecule has 1 amide bonds. The van der Waals surface area contributed by atoms with Crippen molar-refractivity contribution in [2.75, 3.05) is 20.3 Å². The number of hydrogen-bond donors (Lipinski definition) is 1. The molecular formula is C23H19F2N3O3S. The molecule has 3 aromatic rings. The van der Waals surface area contributed by atoms with Gasteiger partial charge in [-0.05, 0) is 30.7 Å². The van der Waals surface area contributed by atoms with Gasteiger partial charge in [0.1, 0.15) is 22.4 Å². The van der Waals surface area contributed by atoms with E-state index in [0.29, 0.717) is 6.07 Å². The number of hydrogen-bond acceptors (Lipinski definition) is 5. The first-order chi connectivity index (χ1) is 15.3. The van der Waals surface area contributed by atoms with Gasteiger partial charge in [0.05, 0.1) is 16.8 Å². The average Bonchev–Trinajstić information content (AvgIpc) is 3.06. The summed E-state index contributed by atoms with van der Waals surface area (Å²) < 4.78 is 34.0. The van der Waals surface area contributed by atoms with Crippen molar-refractivity contribution in [1.29, 1.82) is 5.26 Å². The molecule has 1 aromatic heterocycles. The lowest BCUT2D eigenvalue weighted by molar-refractivity contribution is -0.115. The number of rotatable bonds is 6. The predicted molar refractivity (Wildman–Crippen MR) is 118 cm³/mol. The minimum atomic E-state index is -0.995. The molecule has 0 radical (unpaired) electrons. The molecule has 0 aliphatic heterocycles. The number of carbonyl (C=O) groups excluding carboxylic acids is 1. The molecule has 0 aliphatic carbocycles. The van der Waals surface area contributed by atoms with Gasteiger partial charge in [0, 0.05) is 19.7 Å². The van der Waals surface area contributed by atoms with Crippen LogP contribution in [0.4, 0.5) is 8.78 Å². The summed E-state index contributed by atoms with van der Waals surface area (Å²) in [6, 6.07) is 11.9. The van der Waals surface area contributed by atoms with Crippen LogP contribution >= 0.6 is 11.3 Å². The van der Waals surface area contributed by atoms with Crippen molar-refractivity contribution in [2.45, 2.75) is 6.92 Å². The van der Waals surface area contributed by atoms with E-state index in [-0.39, 0.29) is 33.6 Å². The van der Waals surface area contributed by atoms with Gasteiger partial charge in [-0.2, -0.15) is 5.26 Å². The molecule has 1 N–H and O–H groups in total. The fraction of sp³-hybridized carbons (Fsp3) is 0.174. The third kappa shape index (κ3) is 4.99. The van der Waals surface area contributed by atoms with Gasteiger partial charge >= 0.3 is 0 Å². The maximum atomic E-state index is 14.6. The van der Waals surface area contributed by atoms with Gasteiger partial charge in [-0.25, -0.2) is 8.78 Å². The lowest BCUT2D eigenvalue weighted by Crippen LogP contribution is -2.35. The lowest BCUT2D eigenvalue weighted by atomic mass is 10.1. The van der Waals surface area contributed by atoms with Gasteiger partial charge in [-0.1, -0.05) is 29.8 Å². The highest BCUT2D eigenvalue weighted by Gasteiger charge is 2.18. The van der Waals surface area contributed by atoms with Crippen molar-refractivity contribution in [3.8, 4) is 11.8 Å². The smallest absolute Gasteiger partial charge is 0.273 e. The molecule has 0 atom stereocenters. The van der Waals surface area contributed by atoms with Gasteiger partial charge < -0.3 is 10.1 Å². The summed E-state index contributed by atoms with van der Waals surface area (Å²) in [5.74, 6) is -2.54. The summed E-state index contributed by atoms with van der Waals surface area (Å²) in [7, 11) is 1.46. The molecule has 2 aromatic carbocycles. The van der Waals surface area contributed by atoms with Gasteiger partial charge in [-0.15, -0.1) is 11.3 Å².